The third-order valence-corrected chi connectivity index (χ3v) is 22.2. The molecule has 0 saturated heterocycles. The molecule has 3 atom stereocenters. The van der Waals surface area contributed by atoms with Crippen molar-refractivity contribution in [3.05, 3.63) is 0 Å². The van der Waals surface area contributed by atoms with Gasteiger partial charge in [-0.05, 0) is 77.4 Å². The van der Waals surface area contributed by atoms with Crippen LogP contribution in [0.3, 0.4) is 0 Å². The molecule has 0 fully saturated rings. The van der Waals surface area contributed by atoms with Crippen LogP contribution in [-0.4, -0.2) is 72.8 Å². The van der Waals surface area contributed by atoms with Crippen LogP contribution in [0.1, 0.15) is 39.0 Å². The highest BCUT2D eigenvalue weighted by atomic mass is 28.5. The monoisotopic (exact) mass is 544 g/mol. The Hall–Kier alpha value is 0.804. The third-order valence-electron chi connectivity index (χ3n) is 4.56. The fourth-order valence-electron chi connectivity index (χ4n) is 3.79. The highest BCUT2D eigenvalue weighted by Gasteiger charge is 2.45. The largest absolute Gasteiger partial charge is 0.439 e. The van der Waals surface area contributed by atoms with Gasteiger partial charge in [0, 0.05) is 6.61 Å². The molecule has 0 aromatic rings. The maximum atomic E-state index is 8.98. The summed E-state index contributed by atoms with van der Waals surface area (Å²) in [5.74, 6) is 0. The van der Waals surface area contributed by atoms with E-state index in [1.54, 1.807) is 0 Å². The Morgan fingerprint density at radius 1 is 0.719 bits per heavy atom. The van der Waals surface area contributed by atoms with Gasteiger partial charge in [-0.2, -0.15) is 0 Å². The summed E-state index contributed by atoms with van der Waals surface area (Å²) < 4.78 is 32.1. The number of aliphatic hydroxyl groups is 2. The van der Waals surface area contributed by atoms with Crippen molar-refractivity contribution in [3.8, 4) is 0 Å². The zero-order chi connectivity index (χ0) is 25.1. The maximum Gasteiger partial charge on any atom is 0.317 e. The molecule has 0 amide bonds. The van der Waals surface area contributed by atoms with Crippen molar-refractivity contribution in [3.63, 3.8) is 0 Å². The second-order valence-corrected chi connectivity index (χ2v) is 29.6. The van der Waals surface area contributed by atoms with Crippen LogP contribution < -0.4 is 0 Å². The molecule has 194 valence electrons. The van der Waals surface area contributed by atoms with Gasteiger partial charge in [-0.25, -0.2) is 0 Å². The molecule has 32 heavy (non-hydrogen) atoms. The zero-order valence-corrected chi connectivity index (χ0v) is 27.6. The van der Waals surface area contributed by atoms with Crippen molar-refractivity contribution < 1.29 is 31.4 Å². The number of aliphatic hydroxyl groups excluding tert-OH is 1. The first-order valence-corrected chi connectivity index (χ1v) is 26.2. The fourth-order valence-corrected chi connectivity index (χ4v) is 24.6. The van der Waals surface area contributed by atoms with Crippen LogP contribution in [0.25, 0.3) is 0 Å². The van der Waals surface area contributed by atoms with Gasteiger partial charge in [0.2, 0.25) is 0 Å². The first-order valence-electron chi connectivity index (χ1n) is 12.2. The van der Waals surface area contributed by atoms with E-state index < -0.39 is 49.3 Å². The molecule has 0 heterocycles. The van der Waals surface area contributed by atoms with Crippen molar-refractivity contribution in [1.29, 1.82) is 0 Å². The van der Waals surface area contributed by atoms with Crippen molar-refractivity contribution in [1.82, 2.24) is 0 Å². The lowest BCUT2D eigenvalue weighted by atomic mass is 10.2. The summed E-state index contributed by atoms with van der Waals surface area (Å²) in [6.45, 7) is 22.3. The zero-order valence-electron chi connectivity index (χ0n) is 22.5. The third kappa shape index (κ3) is 18.2. The van der Waals surface area contributed by atoms with Gasteiger partial charge in [-0.1, -0.05) is 32.6 Å². The van der Waals surface area contributed by atoms with E-state index >= 15 is 0 Å². The average molecular weight is 545 g/mol. The molecule has 0 aromatic carbocycles. The minimum absolute atomic E-state index is 0.0713. The molecule has 7 nitrogen and oxygen atoms in total. The van der Waals surface area contributed by atoms with E-state index in [1.807, 2.05) is 0 Å². The lowest BCUT2D eigenvalue weighted by molar-refractivity contribution is -0.0945. The fraction of sp³-hybridized carbons (Fsp3) is 1.00. The Balaban J connectivity index is 5.40. The summed E-state index contributed by atoms with van der Waals surface area (Å²) in [5.41, 5.74) is 0. The Labute approximate surface area is 203 Å². The highest BCUT2D eigenvalue weighted by Crippen LogP contribution is 2.30. The van der Waals surface area contributed by atoms with Crippen LogP contribution in [0.5, 0.6) is 0 Å². The first-order chi connectivity index (χ1) is 14.5. The normalized spacial score (nSPS) is 17.9. The number of rotatable bonds is 19. The number of ether oxygens (including phenoxy) is 1. The molecule has 0 saturated carbocycles. The van der Waals surface area contributed by atoms with Gasteiger partial charge in [0.1, 0.15) is 0 Å². The lowest BCUT2D eigenvalue weighted by Crippen LogP contribution is -2.57. The van der Waals surface area contributed by atoms with Crippen molar-refractivity contribution in [2.75, 3.05) is 13.2 Å². The Morgan fingerprint density at radius 2 is 1.31 bits per heavy atom. The van der Waals surface area contributed by atoms with Gasteiger partial charge in [-0.15, -0.1) is 0 Å². The minimum Gasteiger partial charge on any atom is -0.439 e. The summed E-state index contributed by atoms with van der Waals surface area (Å²) >= 11 is 0. The van der Waals surface area contributed by atoms with Crippen molar-refractivity contribution in [2.45, 2.75) is 116 Å². The lowest BCUT2D eigenvalue weighted by Gasteiger charge is -2.42. The molecule has 0 radical (unpaired) electrons. The molecular weight excluding hydrogens is 493 g/mol. The van der Waals surface area contributed by atoms with Crippen molar-refractivity contribution >= 4 is 43.0 Å². The van der Waals surface area contributed by atoms with Crippen molar-refractivity contribution in [2.24, 2.45) is 0 Å². The molecule has 0 spiro atoms. The summed E-state index contributed by atoms with van der Waals surface area (Å²) in [6.07, 6.45) is 4.08. The maximum absolute atomic E-state index is 8.98. The van der Waals surface area contributed by atoms with E-state index in [4.69, 9.17) is 31.4 Å². The summed E-state index contributed by atoms with van der Waals surface area (Å²) in [6, 6.07) is 1.76. The van der Waals surface area contributed by atoms with Gasteiger partial charge >= 0.3 is 17.1 Å². The SMILES string of the molecule is CCCCCC[Si](C)(O[SiH](C)O[Si](C)(C)C)O[Si](C)(CCCOCC(O)O)O[Si](C)(C)C. The molecule has 0 bridgehead atoms. The minimum atomic E-state index is -2.52. The van der Waals surface area contributed by atoms with Gasteiger partial charge in [-0.3, -0.25) is 0 Å². The van der Waals surface area contributed by atoms with E-state index in [1.165, 1.54) is 19.3 Å². The predicted molar refractivity (Wildman–Crippen MR) is 145 cm³/mol. The summed E-state index contributed by atoms with van der Waals surface area (Å²) in [4.78, 5) is 0. The second kappa shape index (κ2) is 15.0. The smallest absolute Gasteiger partial charge is 0.317 e. The van der Waals surface area contributed by atoms with Gasteiger partial charge in [0.15, 0.2) is 22.9 Å². The predicted octanol–water partition coefficient (Wildman–Crippen LogP) is 5.01. The molecule has 0 aliphatic carbocycles. The van der Waals surface area contributed by atoms with E-state index in [0.29, 0.717) is 6.61 Å². The van der Waals surface area contributed by atoms with Crippen LogP contribution >= 0.6 is 0 Å². The summed E-state index contributed by atoms with van der Waals surface area (Å²) in [7, 11) is -10.3. The van der Waals surface area contributed by atoms with E-state index in [2.05, 4.69) is 65.8 Å². The van der Waals surface area contributed by atoms with Crippen LogP contribution in [0, 0.1) is 0 Å². The average Bonchev–Trinajstić information content (AvgIpc) is 2.54. The standard InChI is InChI=1S/C20H52O7Si5/c1-11-12-13-14-17-31(9,25-28(2)24-29(3,4)5)27-32(10,26-30(6,7)8)18-15-16-23-19-20(21)22/h20-22,28H,11-19H2,1-10H3. The molecule has 3 unspecified atom stereocenters. The van der Waals surface area contributed by atoms with Gasteiger partial charge in [0.05, 0.1) is 6.61 Å². The molecule has 0 aliphatic heterocycles. The molecule has 0 aromatic heterocycles. The Morgan fingerprint density at radius 3 is 1.81 bits per heavy atom. The highest BCUT2D eigenvalue weighted by molar-refractivity contribution is 6.88. The topological polar surface area (TPSA) is 86.6 Å². The van der Waals surface area contributed by atoms with Gasteiger partial charge in [0.25, 0.3) is 9.28 Å². The molecule has 0 rings (SSSR count). The van der Waals surface area contributed by atoms with Crippen LogP contribution in [0.2, 0.25) is 71.0 Å². The van der Waals surface area contributed by atoms with Gasteiger partial charge < -0.3 is 31.4 Å². The molecule has 0 aliphatic rings. The molecular formula is C20H52O7Si5. The van der Waals surface area contributed by atoms with E-state index in [0.717, 1.165) is 24.9 Å². The molecule has 12 heteroatoms. The van der Waals surface area contributed by atoms with E-state index in [-0.39, 0.29) is 6.61 Å². The second-order valence-electron chi connectivity index (χ2n) is 11.0. The Bertz CT molecular complexity index is 502. The Kier molecular flexibility index (Phi) is 15.4. The van der Waals surface area contributed by atoms with Crippen LogP contribution in [0.15, 0.2) is 0 Å². The quantitative estimate of drug-likeness (QED) is 0.134. The van der Waals surface area contributed by atoms with Crippen LogP contribution in [-0.2, 0) is 21.2 Å². The summed E-state index contributed by atoms with van der Waals surface area (Å²) in [5, 5.41) is 18.0. The first kappa shape index (κ1) is 32.8. The van der Waals surface area contributed by atoms with E-state index in [9.17, 15) is 0 Å². The number of unbranched alkanes of at least 4 members (excludes halogenated alkanes) is 3. The molecule has 2 N–H and O–H groups in total. The number of hydrogen-bond donors (Lipinski definition) is 2. The number of hydrogen-bond acceptors (Lipinski definition) is 7. The van der Waals surface area contributed by atoms with Crippen LogP contribution in [0.4, 0.5) is 0 Å².